The molecule has 0 aromatic carbocycles. The summed E-state index contributed by atoms with van der Waals surface area (Å²) in [6, 6.07) is 0. The Balaban J connectivity index is 2.55. The first-order valence-corrected chi connectivity index (χ1v) is 5.88. The van der Waals surface area contributed by atoms with Crippen molar-refractivity contribution in [1.82, 2.24) is 9.55 Å². The summed E-state index contributed by atoms with van der Waals surface area (Å²) in [5, 5.41) is 8.63. The van der Waals surface area contributed by atoms with E-state index in [1.165, 1.54) is 11.8 Å². The van der Waals surface area contributed by atoms with Crippen LogP contribution in [0.3, 0.4) is 0 Å². The van der Waals surface area contributed by atoms with E-state index in [2.05, 4.69) is 4.98 Å². The molecule has 1 N–H and O–H groups in total. The van der Waals surface area contributed by atoms with Crippen molar-refractivity contribution in [1.29, 1.82) is 0 Å². The number of imidazole rings is 1. The van der Waals surface area contributed by atoms with E-state index in [-0.39, 0.29) is 11.2 Å². The Kier molecular flexibility index (Phi) is 4.20. The summed E-state index contributed by atoms with van der Waals surface area (Å²) in [5.41, 5.74) is 0. The lowest BCUT2D eigenvalue weighted by molar-refractivity contribution is -0.137. The molecular weight excluding hydrogens is 212 g/mol. The van der Waals surface area contributed by atoms with Crippen LogP contribution in [-0.2, 0) is 17.6 Å². The Morgan fingerprint density at radius 3 is 2.73 bits per heavy atom. The number of rotatable bonds is 5. The van der Waals surface area contributed by atoms with Crippen LogP contribution < -0.4 is 0 Å². The highest BCUT2D eigenvalue weighted by Gasteiger charge is 2.22. The van der Waals surface area contributed by atoms with Crippen molar-refractivity contribution in [3.8, 4) is 0 Å². The molecule has 0 saturated carbocycles. The molecule has 15 heavy (non-hydrogen) atoms. The molecule has 0 spiro atoms. The van der Waals surface area contributed by atoms with Gasteiger partial charge in [-0.2, -0.15) is 0 Å². The van der Waals surface area contributed by atoms with Gasteiger partial charge in [-0.25, -0.2) is 4.98 Å². The zero-order chi connectivity index (χ0) is 11.4. The summed E-state index contributed by atoms with van der Waals surface area (Å²) in [4.78, 5) is 15.1. The topological polar surface area (TPSA) is 55.1 Å². The highest BCUT2D eigenvalue weighted by atomic mass is 32.2. The number of carboxylic acid groups (broad SMARTS) is 1. The van der Waals surface area contributed by atoms with Crippen LogP contribution in [0, 0.1) is 5.92 Å². The number of hydrogen-bond acceptors (Lipinski definition) is 3. The molecule has 1 aromatic rings. The van der Waals surface area contributed by atoms with Crippen LogP contribution >= 0.6 is 11.8 Å². The van der Waals surface area contributed by atoms with Crippen LogP contribution in [0.2, 0.25) is 0 Å². The Labute approximate surface area is 93.7 Å². The Hall–Kier alpha value is -0.970. The van der Waals surface area contributed by atoms with Crippen LogP contribution in [0.1, 0.15) is 19.7 Å². The predicted octanol–water partition coefficient (Wildman–Crippen LogP) is 1.76. The quantitative estimate of drug-likeness (QED) is 0.834. The van der Waals surface area contributed by atoms with Gasteiger partial charge in [0, 0.05) is 19.4 Å². The number of hydrogen-bond donors (Lipinski definition) is 1. The molecule has 0 aliphatic heterocycles. The van der Waals surface area contributed by atoms with Crippen LogP contribution in [-0.4, -0.2) is 25.9 Å². The van der Waals surface area contributed by atoms with E-state index in [4.69, 9.17) is 5.11 Å². The normalized spacial score (nSPS) is 13.1. The van der Waals surface area contributed by atoms with Gasteiger partial charge in [-0.1, -0.05) is 13.8 Å². The van der Waals surface area contributed by atoms with Gasteiger partial charge in [-0.15, -0.1) is 11.8 Å². The number of carbonyl (C=O) groups is 1. The summed E-state index contributed by atoms with van der Waals surface area (Å²) in [6.45, 7) is 3.84. The van der Waals surface area contributed by atoms with Crippen molar-refractivity contribution in [3.63, 3.8) is 0 Å². The average Bonchev–Trinajstić information content (AvgIpc) is 2.51. The minimum atomic E-state index is -0.746. The third kappa shape index (κ3) is 3.27. The second kappa shape index (κ2) is 5.21. The van der Waals surface area contributed by atoms with E-state index in [9.17, 15) is 4.79 Å². The van der Waals surface area contributed by atoms with Crippen LogP contribution in [0.4, 0.5) is 0 Å². The predicted molar refractivity (Wildman–Crippen MR) is 60.8 cm³/mol. The second-order valence-corrected chi connectivity index (χ2v) is 4.90. The average molecular weight is 228 g/mol. The highest BCUT2D eigenvalue weighted by Crippen LogP contribution is 2.23. The molecule has 0 saturated heterocycles. The lowest BCUT2D eigenvalue weighted by atomic mass is 10.1. The van der Waals surface area contributed by atoms with E-state index >= 15 is 0 Å². The maximum Gasteiger partial charge on any atom is 0.316 e. The smallest absolute Gasteiger partial charge is 0.316 e. The van der Waals surface area contributed by atoms with Gasteiger partial charge in [0.25, 0.3) is 0 Å². The van der Waals surface area contributed by atoms with E-state index in [1.807, 2.05) is 31.7 Å². The van der Waals surface area contributed by atoms with Gasteiger partial charge in [0.15, 0.2) is 0 Å². The maximum atomic E-state index is 10.9. The van der Waals surface area contributed by atoms with E-state index < -0.39 is 5.97 Å². The molecule has 0 amide bonds. The van der Waals surface area contributed by atoms with Crippen LogP contribution in [0.5, 0.6) is 0 Å². The van der Waals surface area contributed by atoms with Gasteiger partial charge < -0.3 is 9.67 Å². The Morgan fingerprint density at radius 1 is 1.67 bits per heavy atom. The molecule has 84 valence electrons. The molecule has 1 heterocycles. The highest BCUT2D eigenvalue weighted by molar-refractivity contribution is 7.99. The summed E-state index contributed by atoms with van der Waals surface area (Å²) in [5.74, 6) is 0.933. The fourth-order valence-electron chi connectivity index (χ4n) is 1.25. The van der Waals surface area contributed by atoms with Crippen molar-refractivity contribution in [2.75, 3.05) is 0 Å². The van der Waals surface area contributed by atoms with Crippen molar-refractivity contribution < 1.29 is 9.90 Å². The zero-order valence-electron chi connectivity index (χ0n) is 9.17. The monoisotopic (exact) mass is 228 g/mol. The minimum Gasteiger partial charge on any atom is -0.480 e. The molecule has 0 aliphatic carbocycles. The molecule has 1 atom stereocenters. The first-order chi connectivity index (χ1) is 7.02. The number of nitrogens with zero attached hydrogens (tertiary/aromatic N) is 2. The zero-order valence-corrected chi connectivity index (χ0v) is 9.99. The van der Waals surface area contributed by atoms with E-state index in [0.717, 1.165) is 5.82 Å². The molecule has 4 nitrogen and oxygen atoms in total. The third-order valence-corrected chi connectivity index (χ3v) is 3.69. The van der Waals surface area contributed by atoms with E-state index in [1.54, 1.807) is 6.20 Å². The lowest BCUT2D eigenvalue weighted by Gasteiger charge is -2.15. The molecular formula is C10H16N2O2S. The number of aromatic nitrogens is 2. The van der Waals surface area contributed by atoms with Crippen molar-refractivity contribution >= 4 is 17.7 Å². The molecule has 0 fully saturated rings. The van der Waals surface area contributed by atoms with Gasteiger partial charge in [-0.3, -0.25) is 4.79 Å². The van der Waals surface area contributed by atoms with Crippen molar-refractivity contribution in [3.05, 3.63) is 18.2 Å². The summed E-state index contributed by atoms with van der Waals surface area (Å²) < 4.78 is 1.91. The largest absolute Gasteiger partial charge is 0.480 e. The molecule has 1 rings (SSSR count). The molecule has 5 heteroatoms. The van der Waals surface area contributed by atoms with Gasteiger partial charge in [0.05, 0.1) is 5.75 Å². The van der Waals surface area contributed by atoms with Crippen molar-refractivity contribution in [2.24, 2.45) is 13.0 Å². The van der Waals surface area contributed by atoms with Gasteiger partial charge in [0.2, 0.25) is 0 Å². The number of carboxylic acids is 1. The fraction of sp³-hybridized carbons (Fsp3) is 0.600. The third-order valence-electron chi connectivity index (χ3n) is 2.16. The van der Waals surface area contributed by atoms with Gasteiger partial charge >= 0.3 is 5.97 Å². The number of aryl methyl sites for hydroxylation is 1. The lowest BCUT2D eigenvalue weighted by Crippen LogP contribution is -2.22. The molecule has 1 unspecified atom stereocenters. The Bertz CT molecular complexity index is 336. The Morgan fingerprint density at radius 2 is 2.33 bits per heavy atom. The van der Waals surface area contributed by atoms with Gasteiger partial charge in [0.1, 0.15) is 11.1 Å². The number of thioether (sulfide) groups is 1. The molecule has 0 radical (unpaired) electrons. The first-order valence-electron chi connectivity index (χ1n) is 4.83. The summed E-state index contributed by atoms with van der Waals surface area (Å²) in [7, 11) is 1.91. The molecule has 1 aromatic heterocycles. The maximum absolute atomic E-state index is 10.9. The first kappa shape index (κ1) is 12.1. The standard InChI is InChI=1S/C10H16N2O2S/c1-7(2)9(10(13)14)15-6-8-11-4-5-12(8)3/h4-5,7,9H,6H2,1-3H3,(H,13,14). The van der Waals surface area contributed by atoms with Crippen LogP contribution in [0.25, 0.3) is 0 Å². The fourth-order valence-corrected chi connectivity index (χ4v) is 2.38. The molecule has 0 aliphatic rings. The summed E-state index contributed by atoms with van der Waals surface area (Å²) in [6.07, 6.45) is 3.59. The van der Waals surface area contributed by atoms with Crippen LogP contribution in [0.15, 0.2) is 12.4 Å². The minimum absolute atomic E-state index is 0.132. The van der Waals surface area contributed by atoms with Crippen molar-refractivity contribution in [2.45, 2.75) is 24.9 Å². The van der Waals surface area contributed by atoms with Gasteiger partial charge in [-0.05, 0) is 5.92 Å². The van der Waals surface area contributed by atoms with E-state index in [0.29, 0.717) is 5.75 Å². The SMILES string of the molecule is CC(C)C(SCc1nccn1C)C(=O)O. The second-order valence-electron chi connectivity index (χ2n) is 3.77. The summed E-state index contributed by atoms with van der Waals surface area (Å²) >= 11 is 1.43. The number of aliphatic carboxylic acids is 1. The molecule has 0 bridgehead atoms.